The Bertz CT molecular complexity index is 839. The van der Waals surface area contributed by atoms with Gasteiger partial charge >= 0.3 is 0 Å². The third-order valence-corrected chi connectivity index (χ3v) is 5.79. The van der Waals surface area contributed by atoms with E-state index in [-0.39, 0.29) is 29.9 Å². The summed E-state index contributed by atoms with van der Waals surface area (Å²) in [7, 11) is 0. The third kappa shape index (κ3) is 3.22. The lowest BCUT2D eigenvalue weighted by Gasteiger charge is -2.51. The highest BCUT2D eigenvalue weighted by atomic mass is 16.5. The van der Waals surface area contributed by atoms with E-state index in [0.29, 0.717) is 18.9 Å². The van der Waals surface area contributed by atoms with Gasteiger partial charge in [0.1, 0.15) is 12.4 Å². The fourth-order valence-corrected chi connectivity index (χ4v) is 4.05. The zero-order chi connectivity index (χ0) is 18.2. The lowest BCUT2D eigenvalue weighted by Crippen LogP contribution is -2.59. The van der Waals surface area contributed by atoms with Gasteiger partial charge in [0.2, 0.25) is 0 Å². The van der Waals surface area contributed by atoms with Gasteiger partial charge in [0, 0.05) is 24.2 Å². The summed E-state index contributed by atoms with van der Waals surface area (Å²) in [6.45, 7) is 1.31. The van der Waals surface area contributed by atoms with Crippen molar-refractivity contribution >= 4 is 11.0 Å². The molecular weight excluding hydrogens is 334 g/mol. The van der Waals surface area contributed by atoms with Crippen LogP contribution in [0.25, 0.3) is 11.0 Å². The molecule has 4 heterocycles. The molecule has 3 aliphatic rings. The number of nitrogens with zero attached hydrogens (tertiary/aromatic N) is 2. The number of aliphatic hydroxyl groups is 1. The van der Waals surface area contributed by atoms with Crippen molar-refractivity contribution in [3.8, 4) is 5.75 Å². The number of aryl methyl sites for hydroxylation is 1. The average molecular weight is 359 g/mol. The zero-order valence-corrected chi connectivity index (χ0v) is 14.8. The highest BCUT2D eigenvalue weighted by Gasteiger charge is 2.47. The summed E-state index contributed by atoms with van der Waals surface area (Å²) in [6, 6.07) is 5.09. The molecule has 0 unspecified atom stereocenters. The van der Waals surface area contributed by atoms with Crippen molar-refractivity contribution in [1.29, 1.82) is 0 Å². The van der Waals surface area contributed by atoms with Crippen molar-refractivity contribution in [1.82, 2.24) is 9.55 Å². The molecule has 1 saturated carbocycles. The first-order valence-corrected chi connectivity index (χ1v) is 9.19. The lowest BCUT2D eigenvalue weighted by molar-refractivity contribution is -0.157. The van der Waals surface area contributed by atoms with Crippen LogP contribution in [0.5, 0.6) is 5.75 Å². The molecule has 1 aliphatic carbocycles. The number of fused-ring (bicyclic) bond motifs is 4. The van der Waals surface area contributed by atoms with Crippen LogP contribution in [0.2, 0.25) is 0 Å². The summed E-state index contributed by atoms with van der Waals surface area (Å²) in [5.74, 6) is 0.545. The van der Waals surface area contributed by atoms with Gasteiger partial charge in [0.25, 0.3) is 5.56 Å². The molecule has 3 fully saturated rings. The molecule has 140 valence electrons. The predicted octanol–water partition coefficient (Wildman–Crippen LogP) is 1.20. The number of aromatic nitrogens is 2. The summed E-state index contributed by atoms with van der Waals surface area (Å²) < 4.78 is 13.3. The van der Waals surface area contributed by atoms with Gasteiger partial charge in [-0.3, -0.25) is 9.78 Å². The van der Waals surface area contributed by atoms with E-state index in [1.165, 1.54) is 0 Å². The summed E-state index contributed by atoms with van der Waals surface area (Å²) in [6.07, 6.45) is 6.26. The van der Waals surface area contributed by atoms with Gasteiger partial charge < -0.3 is 24.9 Å². The van der Waals surface area contributed by atoms with E-state index in [1.54, 1.807) is 22.9 Å². The number of aliphatic hydroxyl groups excluding tert-OH is 1. The second kappa shape index (κ2) is 6.64. The molecular formula is C19H25N3O4. The Kier molecular flexibility index (Phi) is 4.46. The molecule has 0 radical (unpaired) electrons. The smallest absolute Gasteiger partial charge is 0.251 e. The predicted molar refractivity (Wildman–Crippen MR) is 97.3 cm³/mol. The van der Waals surface area contributed by atoms with Crippen LogP contribution in [-0.4, -0.2) is 45.6 Å². The largest absolute Gasteiger partial charge is 0.490 e. The summed E-state index contributed by atoms with van der Waals surface area (Å²) in [5.41, 5.74) is 7.40. The molecule has 2 saturated heterocycles. The van der Waals surface area contributed by atoms with Crippen molar-refractivity contribution < 1.29 is 14.6 Å². The van der Waals surface area contributed by atoms with Gasteiger partial charge in [0.15, 0.2) is 0 Å². The van der Waals surface area contributed by atoms with Crippen molar-refractivity contribution in [3.63, 3.8) is 0 Å². The molecule has 5 rings (SSSR count). The molecule has 2 aromatic rings. The van der Waals surface area contributed by atoms with Gasteiger partial charge in [-0.05, 0) is 38.2 Å². The topological polar surface area (TPSA) is 99.6 Å². The maximum absolute atomic E-state index is 12.5. The minimum absolute atomic E-state index is 0.0604. The summed E-state index contributed by atoms with van der Waals surface area (Å²) >= 11 is 0. The zero-order valence-electron chi connectivity index (χ0n) is 14.8. The summed E-state index contributed by atoms with van der Waals surface area (Å²) in [5, 5.41) is 8.92. The SMILES string of the molecule is NC12CCC(CCn3c(=O)ccc4ncc(OCCO)cc43)(CC1)OC2. The normalized spacial score (nSPS) is 27.8. The van der Waals surface area contributed by atoms with Crippen LogP contribution in [0.3, 0.4) is 0 Å². The van der Waals surface area contributed by atoms with Crippen molar-refractivity contribution in [2.45, 2.75) is 49.8 Å². The van der Waals surface area contributed by atoms with Crippen LogP contribution in [0.4, 0.5) is 0 Å². The van der Waals surface area contributed by atoms with Gasteiger partial charge in [0.05, 0.1) is 36.0 Å². The quantitative estimate of drug-likeness (QED) is 0.804. The van der Waals surface area contributed by atoms with Crippen LogP contribution in [0.1, 0.15) is 32.1 Å². The van der Waals surface area contributed by atoms with E-state index in [4.69, 9.17) is 20.3 Å². The number of hydrogen-bond acceptors (Lipinski definition) is 6. The highest BCUT2D eigenvalue weighted by molar-refractivity contribution is 5.75. The Morgan fingerprint density at radius 2 is 2.12 bits per heavy atom. The van der Waals surface area contributed by atoms with E-state index < -0.39 is 0 Å². The van der Waals surface area contributed by atoms with E-state index in [0.717, 1.165) is 43.1 Å². The molecule has 7 nitrogen and oxygen atoms in total. The minimum atomic E-state index is -0.166. The monoisotopic (exact) mass is 359 g/mol. The summed E-state index contributed by atoms with van der Waals surface area (Å²) in [4.78, 5) is 16.8. The maximum Gasteiger partial charge on any atom is 0.251 e. The maximum atomic E-state index is 12.5. The van der Waals surface area contributed by atoms with Crippen molar-refractivity contribution in [2.75, 3.05) is 19.8 Å². The Hall–Kier alpha value is -1.96. The molecule has 3 N–H and O–H groups in total. The lowest BCUT2D eigenvalue weighted by atomic mass is 9.70. The Labute approximate surface area is 151 Å². The third-order valence-electron chi connectivity index (χ3n) is 5.79. The Morgan fingerprint density at radius 3 is 2.81 bits per heavy atom. The average Bonchev–Trinajstić information content (AvgIpc) is 2.67. The van der Waals surface area contributed by atoms with Gasteiger partial charge in [-0.2, -0.15) is 0 Å². The molecule has 2 bridgehead atoms. The van der Waals surface area contributed by atoms with Gasteiger partial charge in [-0.1, -0.05) is 0 Å². The molecule has 0 amide bonds. The second-order valence-corrected chi connectivity index (χ2v) is 7.55. The Morgan fingerprint density at radius 1 is 1.31 bits per heavy atom. The number of hydrogen-bond donors (Lipinski definition) is 2. The number of pyridine rings is 2. The van der Waals surface area contributed by atoms with Crippen LogP contribution < -0.4 is 16.0 Å². The van der Waals surface area contributed by atoms with Crippen LogP contribution in [0, 0.1) is 0 Å². The first-order valence-electron chi connectivity index (χ1n) is 9.19. The number of rotatable bonds is 6. The fraction of sp³-hybridized carbons (Fsp3) is 0.579. The first kappa shape index (κ1) is 17.5. The van der Waals surface area contributed by atoms with E-state index in [9.17, 15) is 4.79 Å². The Balaban J connectivity index is 1.59. The minimum Gasteiger partial charge on any atom is -0.490 e. The molecule has 0 atom stereocenters. The second-order valence-electron chi connectivity index (χ2n) is 7.55. The van der Waals surface area contributed by atoms with Crippen LogP contribution in [-0.2, 0) is 11.3 Å². The van der Waals surface area contributed by atoms with E-state index >= 15 is 0 Å². The van der Waals surface area contributed by atoms with E-state index in [2.05, 4.69) is 4.98 Å². The fourth-order valence-electron chi connectivity index (χ4n) is 4.05. The van der Waals surface area contributed by atoms with Gasteiger partial charge in [-0.25, -0.2) is 0 Å². The molecule has 2 aromatic heterocycles. The first-order chi connectivity index (χ1) is 12.5. The van der Waals surface area contributed by atoms with Crippen LogP contribution >= 0.6 is 0 Å². The van der Waals surface area contributed by atoms with Crippen molar-refractivity contribution in [3.05, 3.63) is 34.7 Å². The molecule has 26 heavy (non-hydrogen) atoms. The van der Waals surface area contributed by atoms with Crippen molar-refractivity contribution in [2.24, 2.45) is 5.73 Å². The molecule has 7 heteroatoms. The number of ether oxygens (including phenoxy) is 2. The molecule has 2 aliphatic heterocycles. The standard InChI is InChI=1S/C19H25N3O4/c20-18-3-5-19(6-4-18,26-13-18)7-8-22-16-11-14(25-10-9-23)12-21-15(16)1-2-17(22)24/h1-2,11-12,23H,3-10,13,20H2. The van der Waals surface area contributed by atoms with E-state index in [1.807, 2.05) is 6.07 Å². The van der Waals surface area contributed by atoms with Gasteiger partial charge in [-0.15, -0.1) is 0 Å². The van der Waals surface area contributed by atoms with Crippen LogP contribution in [0.15, 0.2) is 29.2 Å². The highest BCUT2D eigenvalue weighted by Crippen LogP contribution is 2.44. The molecule has 0 aromatic carbocycles. The molecule has 0 spiro atoms. The number of nitrogens with two attached hydrogens (primary N) is 1.